The highest BCUT2D eigenvalue weighted by Gasteiger charge is 2.13. The maximum Gasteiger partial charge on any atom is 0.262 e. The van der Waals surface area contributed by atoms with Crippen LogP contribution >= 0.6 is 0 Å². The molecule has 0 spiro atoms. The smallest absolute Gasteiger partial charge is 0.262 e. The molecule has 7 heteroatoms. The Balaban J connectivity index is 2.35. The van der Waals surface area contributed by atoms with Crippen LogP contribution in [0.25, 0.3) is 30.0 Å². The summed E-state index contributed by atoms with van der Waals surface area (Å²) in [6, 6.07) is 11.8. The zero-order valence-electron chi connectivity index (χ0n) is 20.4. The Morgan fingerprint density at radius 3 is 2.56 bits per heavy atom. The van der Waals surface area contributed by atoms with Crippen LogP contribution in [0.3, 0.4) is 0 Å². The molecule has 7 nitrogen and oxygen atoms in total. The third kappa shape index (κ3) is 6.47. The topological polar surface area (TPSA) is 102 Å². The van der Waals surface area contributed by atoms with Crippen molar-refractivity contribution in [3.8, 4) is 17.3 Å². The Hall–Kier alpha value is -3.60. The minimum atomic E-state index is -1.07. The Kier molecular flexibility index (Phi) is 9.87. The summed E-state index contributed by atoms with van der Waals surface area (Å²) < 4.78 is 1.90. The quantitative estimate of drug-likeness (QED) is 0.367. The van der Waals surface area contributed by atoms with Gasteiger partial charge in [0, 0.05) is 43.8 Å². The van der Waals surface area contributed by atoms with Gasteiger partial charge in [-0.05, 0) is 67.1 Å². The van der Waals surface area contributed by atoms with Gasteiger partial charge in [-0.3, -0.25) is 4.79 Å². The summed E-state index contributed by atoms with van der Waals surface area (Å²) in [5.74, 6) is -0.606. The summed E-state index contributed by atoms with van der Waals surface area (Å²) >= 11 is 0. The predicted octanol–water partition coefficient (Wildman–Crippen LogP) is 1.50. The average Bonchev–Trinajstić information content (AvgIpc) is 3.21. The fourth-order valence-electron chi connectivity index (χ4n) is 3.64. The van der Waals surface area contributed by atoms with Crippen molar-refractivity contribution in [3.05, 3.63) is 63.8 Å². The van der Waals surface area contributed by atoms with E-state index < -0.39 is 18.6 Å². The first-order chi connectivity index (χ1) is 16.3. The number of benzene rings is 1. The van der Waals surface area contributed by atoms with Crippen LogP contribution in [0.2, 0.25) is 0 Å². The first-order valence-corrected chi connectivity index (χ1v) is 11.4. The van der Waals surface area contributed by atoms with Gasteiger partial charge in [-0.2, -0.15) is 5.26 Å². The molecule has 0 saturated carbocycles. The zero-order valence-corrected chi connectivity index (χ0v) is 20.4. The van der Waals surface area contributed by atoms with Crippen molar-refractivity contribution in [2.45, 2.75) is 26.9 Å². The van der Waals surface area contributed by atoms with Gasteiger partial charge in [0.2, 0.25) is 0 Å². The number of hydrogen-bond donors (Lipinski definition) is 3. The van der Waals surface area contributed by atoms with Crippen molar-refractivity contribution < 1.29 is 15.0 Å². The molecule has 1 heterocycles. The molecule has 0 aliphatic rings. The number of rotatable bonds is 10. The number of amides is 1. The molecule has 0 fully saturated rings. The van der Waals surface area contributed by atoms with Crippen LogP contribution in [0.4, 0.5) is 0 Å². The van der Waals surface area contributed by atoms with E-state index >= 15 is 0 Å². The number of carbonyl (C=O) groups excluding carboxylic acids is 1. The highest BCUT2D eigenvalue weighted by Crippen LogP contribution is 2.21. The van der Waals surface area contributed by atoms with E-state index in [9.17, 15) is 15.2 Å². The summed E-state index contributed by atoms with van der Waals surface area (Å²) in [7, 11) is 1.87. The predicted molar refractivity (Wildman–Crippen MR) is 136 cm³/mol. The average molecular weight is 463 g/mol. The second-order valence-electron chi connectivity index (χ2n) is 7.86. The third-order valence-electron chi connectivity index (χ3n) is 5.69. The van der Waals surface area contributed by atoms with E-state index in [1.54, 1.807) is 0 Å². The molecule has 0 aliphatic carbocycles. The molecule has 1 unspecified atom stereocenters. The maximum absolute atomic E-state index is 12.2. The number of nitrogens with zero attached hydrogens (tertiary/aromatic N) is 3. The van der Waals surface area contributed by atoms with Gasteiger partial charge < -0.3 is 25.0 Å². The van der Waals surface area contributed by atoms with Crippen molar-refractivity contribution in [1.29, 1.82) is 5.26 Å². The summed E-state index contributed by atoms with van der Waals surface area (Å²) in [5, 5.41) is 32.1. The fourth-order valence-corrected chi connectivity index (χ4v) is 3.64. The number of aliphatic hydroxyl groups is 2. The Morgan fingerprint density at radius 2 is 2.00 bits per heavy atom. The molecule has 34 heavy (non-hydrogen) atoms. The van der Waals surface area contributed by atoms with Gasteiger partial charge in [0.1, 0.15) is 11.6 Å². The van der Waals surface area contributed by atoms with E-state index in [0.717, 1.165) is 40.5 Å². The van der Waals surface area contributed by atoms with Crippen LogP contribution in [0, 0.1) is 11.3 Å². The maximum atomic E-state index is 12.2. The van der Waals surface area contributed by atoms with E-state index in [0.29, 0.717) is 5.69 Å². The molecular formula is C27H34N4O3. The molecular weight excluding hydrogens is 428 g/mol. The van der Waals surface area contributed by atoms with Crippen molar-refractivity contribution in [2.75, 3.05) is 26.2 Å². The van der Waals surface area contributed by atoms with Crippen molar-refractivity contribution in [1.82, 2.24) is 14.8 Å². The number of allylic oxidation sites excluding steroid dienone is 2. The molecule has 2 rings (SSSR count). The van der Waals surface area contributed by atoms with E-state index in [1.807, 2.05) is 54.9 Å². The molecule has 0 radical (unpaired) electrons. The Bertz CT molecular complexity index is 1210. The normalized spacial score (nSPS) is 13.5. The lowest BCUT2D eigenvalue weighted by atomic mass is 10.1. The van der Waals surface area contributed by atoms with Gasteiger partial charge in [0.15, 0.2) is 0 Å². The monoisotopic (exact) mass is 462 g/mol. The zero-order chi connectivity index (χ0) is 25.3. The fraction of sp³-hybridized carbons (Fsp3) is 0.333. The molecule has 1 aromatic carbocycles. The van der Waals surface area contributed by atoms with Gasteiger partial charge in [-0.15, -0.1) is 0 Å². The van der Waals surface area contributed by atoms with Crippen LogP contribution in [-0.2, 0) is 11.8 Å². The number of aromatic nitrogens is 1. The number of nitriles is 1. The van der Waals surface area contributed by atoms with E-state index in [1.165, 1.54) is 6.08 Å². The number of nitrogens with one attached hydrogen (secondary N) is 1. The van der Waals surface area contributed by atoms with Gasteiger partial charge in [-0.25, -0.2) is 0 Å². The van der Waals surface area contributed by atoms with Crippen LogP contribution in [0.15, 0.2) is 47.7 Å². The van der Waals surface area contributed by atoms with Gasteiger partial charge >= 0.3 is 0 Å². The molecule has 180 valence electrons. The summed E-state index contributed by atoms with van der Waals surface area (Å²) in [6.07, 6.45) is 4.67. The number of carbonyl (C=O) groups is 1. The Labute approximate surface area is 201 Å². The van der Waals surface area contributed by atoms with Crippen LogP contribution < -0.4 is 15.8 Å². The molecule has 1 atom stereocenters. The molecule has 2 aromatic rings. The summed E-state index contributed by atoms with van der Waals surface area (Å²) in [4.78, 5) is 14.5. The third-order valence-corrected chi connectivity index (χ3v) is 5.69. The highest BCUT2D eigenvalue weighted by atomic mass is 16.3. The van der Waals surface area contributed by atoms with Crippen LogP contribution in [-0.4, -0.2) is 57.9 Å². The van der Waals surface area contributed by atoms with E-state index in [4.69, 9.17) is 5.11 Å². The van der Waals surface area contributed by atoms with E-state index in [2.05, 4.69) is 42.8 Å². The van der Waals surface area contributed by atoms with E-state index in [-0.39, 0.29) is 12.1 Å². The first-order valence-electron chi connectivity index (χ1n) is 11.4. The first kappa shape index (κ1) is 26.7. The van der Waals surface area contributed by atoms with Crippen molar-refractivity contribution >= 4 is 24.6 Å². The largest absolute Gasteiger partial charge is 0.394 e. The van der Waals surface area contributed by atoms with Crippen molar-refractivity contribution in [3.63, 3.8) is 0 Å². The molecule has 3 N–H and O–H groups in total. The minimum Gasteiger partial charge on any atom is -0.394 e. The minimum absolute atomic E-state index is 0.0871. The second kappa shape index (κ2) is 12.6. The van der Waals surface area contributed by atoms with Gasteiger partial charge in [0.25, 0.3) is 5.91 Å². The highest BCUT2D eigenvalue weighted by molar-refractivity contribution is 6.01. The SMILES string of the molecule is C=c1cc(-c2ccc(/C=C(\C#N)C(=O)NCC(O)CO)n2C)cc/c1=C/C(=C\C)N(CC)CC. The molecule has 1 aromatic heterocycles. The van der Waals surface area contributed by atoms with Crippen molar-refractivity contribution in [2.24, 2.45) is 7.05 Å². The lowest BCUT2D eigenvalue weighted by Crippen LogP contribution is -2.34. The Morgan fingerprint density at radius 1 is 1.29 bits per heavy atom. The van der Waals surface area contributed by atoms with Crippen LogP contribution in [0.1, 0.15) is 26.5 Å². The molecule has 0 bridgehead atoms. The van der Waals surface area contributed by atoms with Gasteiger partial charge in [0.05, 0.1) is 12.7 Å². The number of aliphatic hydroxyl groups excluding tert-OH is 2. The molecule has 1 amide bonds. The number of hydrogen-bond acceptors (Lipinski definition) is 5. The second-order valence-corrected chi connectivity index (χ2v) is 7.86. The lowest BCUT2D eigenvalue weighted by molar-refractivity contribution is -0.117. The summed E-state index contributed by atoms with van der Waals surface area (Å²) in [6.45, 7) is 11.8. The summed E-state index contributed by atoms with van der Waals surface area (Å²) in [5.41, 5.74) is 3.65. The van der Waals surface area contributed by atoms with Gasteiger partial charge in [-0.1, -0.05) is 24.8 Å². The van der Waals surface area contributed by atoms with Crippen LogP contribution in [0.5, 0.6) is 0 Å². The molecule has 0 saturated heterocycles. The standard InChI is InChI=1S/C27H34N4O3/c1-6-23(31(7-2)8-3)14-20-9-10-21(13-19(20)4)26-12-11-24(30(26)5)15-22(16-28)27(34)29-17-25(33)18-32/h6,9-15,25,32-33H,4,7-8,17-18H2,1-3,5H3,(H,29,34)/b20-14-,22-15+,23-6+. The molecule has 0 aliphatic heterocycles. The lowest BCUT2D eigenvalue weighted by Gasteiger charge is -2.22.